The zero-order chi connectivity index (χ0) is 23.8. The SMILES string of the molecule is O=C(NCc1ccccc1)NC(Cc1ccccc1)C(=O)Nc1nnc(-c2ccc(F)cc2)s1. The summed E-state index contributed by atoms with van der Waals surface area (Å²) in [5.74, 6) is -0.761. The highest BCUT2D eigenvalue weighted by atomic mass is 32.1. The smallest absolute Gasteiger partial charge is 0.315 e. The number of amides is 3. The van der Waals surface area contributed by atoms with E-state index in [2.05, 4.69) is 26.1 Å². The van der Waals surface area contributed by atoms with E-state index < -0.39 is 18.0 Å². The van der Waals surface area contributed by atoms with Crippen molar-refractivity contribution in [2.45, 2.75) is 19.0 Å². The van der Waals surface area contributed by atoms with Crippen LogP contribution in [0.25, 0.3) is 10.6 Å². The fourth-order valence-corrected chi connectivity index (χ4v) is 3.97. The summed E-state index contributed by atoms with van der Waals surface area (Å²) in [6.45, 7) is 0.337. The molecule has 4 rings (SSSR count). The highest BCUT2D eigenvalue weighted by molar-refractivity contribution is 7.18. The van der Waals surface area contributed by atoms with Gasteiger partial charge in [0.2, 0.25) is 11.0 Å². The van der Waals surface area contributed by atoms with Gasteiger partial charge in [0.25, 0.3) is 0 Å². The molecule has 0 radical (unpaired) electrons. The number of carbonyl (C=O) groups excluding carboxylic acids is 2. The Bertz CT molecular complexity index is 1230. The normalized spacial score (nSPS) is 11.4. The number of anilines is 1. The van der Waals surface area contributed by atoms with E-state index in [9.17, 15) is 14.0 Å². The van der Waals surface area contributed by atoms with Crippen LogP contribution in [0.15, 0.2) is 84.9 Å². The van der Waals surface area contributed by atoms with Gasteiger partial charge in [-0.15, -0.1) is 10.2 Å². The van der Waals surface area contributed by atoms with Crippen LogP contribution in [-0.4, -0.2) is 28.2 Å². The molecule has 9 heteroatoms. The topological polar surface area (TPSA) is 96.0 Å². The molecule has 34 heavy (non-hydrogen) atoms. The van der Waals surface area contributed by atoms with E-state index in [1.165, 1.54) is 23.5 Å². The largest absolute Gasteiger partial charge is 0.334 e. The quantitative estimate of drug-likeness (QED) is 0.352. The molecule has 7 nitrogen and oxygen atoms in total. The maximum atomic E-state index is 13.2. The van der Waals surface area contributed by atoms with Crippen LogP contribution in [0.3, 0.4) is 0 Å². The van der Waals surface area contributed by atoms with E-state index in [0.29, 0.717) is 23.5 Å². The van der Waals surface area contributed by atoms with Crippen molar-refractivity contribution in [1.82, 2.24) is 20.8 Å². The first-order chi connectivity index (χ1) is 16.6. The number of urea groups is 1. The Morgan fingerprint density at radius 3 is 2.18 bits per heavy atom. The van der Waals surface area contributed by atoms with Gasteiger partial charge in [0.15, 0.2) is 0 Å². The molecule has 1 heterocycles. The van der Waals surface area contributed by atoms with Gasteiger partial charge in [-0.2, -0.15) is 0 Å². The van der Waals surface area contributed by atoms with Gasteiger partial charge < -0.3 is 10.6 Å². The Kier molecular flexibility index (Phi) is 7.56. The first-order valence-corrected chi connectivity index (χ1v) is 11.4. The standard InChI is InChI=1S/C25H22FN5O2S/c26-20-13-11-19(12-14-20)23-30-31-25(34-23)29-22(32)21(15-17-7-3-1-4-8-17)28-24(33)27-16-18-9-5-2-6-10-18/h1-14,21H,15-16H2,(H2,27,28,33)(H,29,31,32). The molecule has 3 N–H and O–H groups in total. The van der Waals surface area contributed by atoms with E-state index in [1.54, 1.807) is 12.1 Å². The van der Waals surface area contributed by atoms with Crippen LogP contribution in [0.2, 0.25) is 0 Å². The van der Waals surface area contributed by atoms with E-state index in [4.69, 9.17) is 0 Å². The average Bonchev–Trinajstić information content (AvgIpc) is 3.32. The molecule has 0 aliphatic carbocycles. The minimum atomic E-state index is -0.837. The molecule has 0 fully saturated rings. The minimum Gasteiger partial charge on any atom is -0.334 e. The molecule has 3 amide bonds. The van der Waals surface area contributed by atoms with Gasteiger partial charge in [-0.1, -0.05) is 72.0 Å². The number of nitrogens with zero attached hydrogens (tertiary/aromatic N) is 2. The molecule has 172 valence electrons. The van der Waals surface area contributed by atoms with Crippen LogP contribution < -0.4 is 16.0 Å². The summed E-state index contributed by atoms with van der Waals surface area (Å²) in [5, 5.41) is 17.2. The molecular formula is C25H22FN5O2S. The predicted molar refractivity (Wildman–Crippen MR) is 130 cm³/mol. The molecule has 1 atom stereocenters. The first-order valence-electron chi connectivity index (χ1n) is 10.6. The van der Waals surface area contributed by atoms with Gasteiger partial charge in [0.1, 0.15) is 16.9 Å². The number of carbonyl (C=O) groups is 2. The van der Waals surface area contributed by atoms with Gasteiger partial charge >= 0.3 is 6.03 Å². The van der Waals surface area contributed by atoms with Gasteiger partial charge in [-0.05, 0) is 35.4 Å². The third-order valence-corrected chi connectivity index (χ3v) is 5.83. The average molecular weight is 476 g/mol. The van der Waals surface area contributed by atoms with Crippen molar-refractivity contribution in [3.8, 4) is 10.6 Å². The highest BCUT2D eigenvalue weighted by Crippen LogP contribution is 2.26. The van der Waals surface area contributed by atoms with Crippen LogP contribution in [-0.2, 0) is 17.8 Å². The van der Waals surface area contributed by atoms with E-state index in [-0.39, 0.29) is 10.9 Å². The summed E-state index contributed by atoms with van der Waals surface area (Å²) in [4.78, 5) is 25.6. The summed E-state index contributed by atoms with van der Waals surface area (Å²) in [6.07, 6.45) is 0.301. The Hall–Kier alpha value is -4.11. The molecule has 0 saturated carbocycles. The summed E-state index contributed by atoms with van der Waals surface area (Å²) in [5.41, 5.74) is 2.54. The molecule has 0 bridgehead atoms. The van der Waals surface area contributed by atoms with Crippen LogP contribution in [0.4, 0.5) is 14.3 Å². The summed E-state index contributed by atoms with van der Waals surface area (Å²) in [7, 11) is 0. The second-order valence-electron chi connectivity index (χ2n) is 7.46. The summed E-state index contributed by atoms with van der Waals surface area (Å²) < 4.78 is 13.2. The molecule has 1 unspecified atom stereocenters. The number of aromatic nitrogens is 2. The predicted octanol–water partition coefficient (Wildman–Crippen LogP) is 4.39. The molecule has 1 aromatic heterocycles. The van der Waals surface area contributed by atoms with Crippen LogP contribution in [0.1, 0.15) is 11.1 Å². The molecule has 0 saturated heterocycles. The number of rotatable bonds is 8. The lowest BCUT2D eigenvalue weighted by molar-refractivity contribution is -0.117. The van der Waals surface area contributed by atoms with E-state index in [1.807, 2.05) is 60.7 Å². The van der Waals surface area contributed by atoms with E-state index in [0.717, 1.165) is 11.1 Å². The molecule has 0 aliphatic rings. The summed E-state index contributed by atoms with van der Waals surface area (Å²) >= 11 is 1.17. The van der Waals surface area contributed by atoms with Crippen molar-refractivity contribution < 1.29 is 14.0 Å². The van der Waals surface area contributed by atoms with Crippen LogP contribution >= 0.6 is 11.3 Å². The van der Waals surface area contributed by atoms with Crippen molar-refractivity contribution >= 4 is 28.4 Å². The molecule has 3 aromatic carbocycles. The number of benzene rings is 3. The lowest BCUT2D eigenvalue weighted by atomic mass is 10.1. The lowest BCUT2D eigenvalue weighted by Crippen LogP contribution is -2.49. The van der Waals surface area contributed by atoms with Crippen molar-refractivity contribution in [3.05, 3.63) is 102 Å². The third-order valence-electron chi connectivity index (χ3n) is 4.95. The first kappa shape index (κ1) is 23.1. The van der Waals surface area contributed by atoms with Gasteiger partial charge in [0.05, 0.1) is 0 Å². The van der Waals surface area contributed by atoms with Gasteiger partial charge in [-0.3, -0.25) is 10.1 Å². The second kappa shape index (κ2) is 11.2. The Morgan fingerprint density at radius 2 is 1.50 bits per heavy atom. The Morgan fingerprint density at radius 1 is 0.853 bits per heavy atom. The second-order valence-corrected chi connectivity index (χ2v) is 8.44. The summed E-state index contributed by atoms with van der Waals surface area (Å²) in [6, 6.07) is 23.5. The Labute approximate surface area is 200 Å². The number of hydrogen-bond donors (Lipinski definition) is 3. The van der Waals surface area contributed by atoms with Crippen LogP contribution in [0.5, 0.6) is 0 Å². The minimum absolute atomic E-state index is 0.286. The third kappa shape index (κ3) is 6.46. The van der Waals surface area contributed by atoms with Gasteiger partial charge in [-0.25, -0.2) is 9.18 Å². The zero-order valence-corrected chi connectivity index (χ0v) is 18.9. The maximum Gasteiger partial charge on any atom is 0.315 e. The number of hydrogen-bond acceptors (Lipinski definition) is 5. The van der Waals surface area contributed by atoms with Gasteiger partial charge in [0, 0.05) is 18.5 Å². The van der Waals surface area contributed by atoms with Crippen molar-refractivity contribution in [3.63, 3.8) is 0 Å². The van der Waals surface area contributed by atoms with E-state index >= 15 is 0 Å². The molecular weight excluding hydrogens is 453 g/mol. The molecule has 0 spiro atoms. The zero-order valence-electron chi connectivity index (χ0n) is 18.1. The van der Waals surface area contributed by atoms with Crippen molar-refractivity contribution in [1.29, 1.82) is 0 Å². The number of halogens is 1. The van der Waals surface area contributed by atoms with Crippen LogP contribution in [0, 0.1) is 5.82 Å². The fourth-order valence-electron chi connectivity index (χ4n) is 3.22. The maximum absolute atomic E-state index is 13.2. The lowest BCUT2D eigenvalue weighted by Gasteiger charge is -2.18. The van der Waals surface area contributed by atoms with Crippen molar-refractivity contribution in [2.24, 2.45) is 0 Å². The Balaban J connectivity index is 1.43. The van der Waals surface area contributed by atoms with Crippen molar-refractivity contribution in [2.75, 3.05) is 5.32 Å². The monoisotopic (exact) mass is 475 g/mol. The molecule has 4 aromatic rings. The fraction of sp³-hybridized carbons (Fsp3) is 0.120. The highest BCUT2D eigenvalue weighted by Gasteiger charge is 2.23. The molecule has 0 aliphatic heterocycles. The number of nitrogens with one attached hydrogen (secondary N) is 3.